The lowest BCUT2D eigenvalue weighted by molar-refractivity contribution is 0.415. The molecule has 0 unspecified atom stereocenters. The standard InChI is InChI=1S/C11H16BrNOS/c1-3-15-7-6-13-11-8-9(14-2)4-5-10(11)12/h4-5,8,13H,3,6-7H2,1-2H3. The van der Waals surface area contributed by atoms with Gasteiger partial charge in [-0.05, 0) is 33.8 Å². The van der Waals surface area contributed by atoms with Crippen LogP contribution in [-0.2, 0) is 0 Å². The Bertz CT molecular complexity index is 307. The quantitative estimate of drug-likeness (QED) is 0.808. The Balaban J connectivity index is 2.51. The summed E-state index contributed by atoms with van der Waals surface area (Å²) in [7, 11) is 1.68. The Kier molecular flexibility index (Phi) is 5.95. The summed E-state index contributed by atoms with van der Waals surface area (Å²) >= 11 is 5.44. The van der Waals surface area contributed by atoms with Crippen molar-refractivity contribution in [2.45, 2.75) is 6.92 Å². The molecule has 1 rings (SSSR count). The van der Waals surface area contributed by atoms with Crippen LogP contribution in [0.2, 0.25) is 0 Å². The van der Waals surface area contributed by atoms with Crippen molar-refractivity contribution in [3.63, 3.8) is 0 Å². The van der Waals surface area contributed by atoms with Crippen LogP contribution >= 0.6 is 27.7 Å². The van der Waals surface area contributed by atoms with Crippen LogP contribution in [-0.4, -0.2) is 25.2 Å². The third-order valence-corrected chi connectivity index (χ3v) is 3.53. The Morgan fingerprint density at radius 2 is 2.27 bits per heavy atom. The monoisotopic (exact) mass is 289 g/mol. The molecule has 0 bridgehead atoms. The first kappa shape index (κ1) is 12.7. The highest BCUT2D eigenvalue weighted by molar-refractivity contribution is 9.10. The first-order valence-corrected chi connectivity index (χ1v) is 6.88. The van der Waals surface area contributed by atoms with Crippen LogP contribution in [0.5, 0.6) is 5.75 Å². The Morgan fingerprint density at radius 1 is 1.47 bits per heavy atom. The van der Waals surface area contributed by atoms with Crippen LogP contribution < -0.4 is 10.1 Å². The molecular weight excluding hydrogens is 274 g/mol. The topological polar surface area (TPSA) is 21.3 Å². The van der Waals surface area contributed by atoms with E-state index in [2.05, 4.69) is 28.2 Å². The van der Waals surface area contributed by atoms with Gasteiger partial charge in [0.15, 0.2) is 0 Å². The zero-order valence-corrected chi connectivity index (χ0v) is 11.5. The highest BCUT2D eigenvalue weighted by Gasteiger charge is 2.00. The molecule has 0 saturated heterocycles. The Hall–Kier alpha value is -0.350. The van der Waals surface area contributed by atoms with Crippen molar-refractivity contribution in [1.29, 1.82) is 0 Å². The summed E-state index contributed by atoms with van der Waals surface area (Å²) in [5, 5.41) is 3.37. The smallest absolute Gasteiger partial charge is 0.121 e. The van der Waals surface area contributed by atoms with Crippen LogP contribution in [0.15, 0.2) is 22.7 Å². The zero-order chi connectivity index (χ0) is 11.1. The van der Waals surface area contributed by atoms with Crippen molar-refractivity contribution in [2.24, 2.45) is 0 Å². The highest BCUT2D eigenvalue weighted by Crippen LogP contribution is 2.26. The van der Waals surface area contributed by atoms with E-state index in [-0.39, 0.29) is 0 Å². The number of nitrogens with one attached hydrogen (secondary N) is 1. The molecule has 0 atom stereocenters. The summed E-state index contributed by atoms with van der Waals surface area (Å²) in [6, 6.07) is 5.94. The molecule has 0 aliphatic carbocycles. The molecule has 2 nitrogen and oxygen atoms in total. The van der Waals surface area contributed by atoms with Gasteiger partial charge in [0.25, 0.3) is 0 Å². The summed E-state index contributed by atoms with van der Waals surface area (Å²) in [5.41, 5.74) is 1.09. The molecule has 0 radical (unpaired) electrons. The van der Waals surface area contributed by atoms with Crippen molar-refractivity contribution in [3.8, 4) is 5.75 Å². The largest absolute Gasteiger partial charge is 0.497 e. The first-order chi connectivity index (χ1) is 7.27. The third kappa shape index (κ3) is 4.34. The highest BCUT2D eigenvalue weighted by atomic mass is 79.9. The molecule has 15 heavy (non-hydrogen) atoms. The lowest BCUT2D eigenvalue weighted by atomic mass is 10.3. The maximum absolute atomic E-state index is 5.17. The minimum atomic E-state index is 0.879. The van der Waals surface area contributed by atoms with Gasteiger partial charge in [0.05, 0.1) is 12.8 Å². The fourth-order valence-electron chi connectivity index (χ4n) is 1.17. The van der Waals surface area contributed by atoms with Gasteiger partial charge in [-0.2, -0.15) is 11.8 Å². The van der Waals surface area contributed by atoms with E-state index in [0.29, 0.717) is 0 Å². The second-order valence-electron chi connectivity index (χ2n) is 2.97. The molecule has 1 aromatic carbocycles. The molecule has 0 saturated carbocycles. The lowest BCUT2D eigenvalue weighted by Gasteiger charge is -2.09. The van der Waals surface area contributed by atoms with Gasteiger partial charge >= 0.3 is 0 Å². The molecule has 0 aliphatic rings. The summed E-state index contributed by atoms with van der Waals surface area (Å²) in [6.07, 6.45) is 0. The molecule has 4 heteroatoms. The van der Waals surface area contributed by atoms with Gasteiger partial charge < -0.3 is 10.1 Å². The van der Waals surface area contributed by atoms with Gasteiger partial charge in [-0.1, -0.05) is 6.92 Å². The Labute approximate surface area is 104 Å². The fraction of sp³-hybridized carbons (Fsp3) is 0.455. The minimum absolute atomic E-state index is 0.879. The lowest BCUT2D eigenvalue weighted by Crippen LogP contribution is -2.04. The van der Waals surface area contributed by atoms with Gasteiger partial charge in [-0.15, -0.1) is 0 Å². The molecule has 0 heterocycles. The average Bonchev–Trinajstić information content (AvgIpc) is 2.26. The number of rotatable bonds is 6. The molecule has 84 valence electrons. The molecule has 0 aliphatic heterocycles. The van der Waals surface area contributed by atoms with Crippen molar-refractivity contribution < 1.29 is 4.74 Å². The van der Waals surface area contributed by atoms with E-state index in [1.54, 1.807) is 7.11 Å². The van der Waals surface area contributed by atoms with Gasteiger partial charge in [0.1, 0.15) is 5.75 Å². The van der Waals surface area contributed by atoms with E-state index in [1.807, 2.05) is 30.0 Å². The maximum atomic E-state index is 5.17. The number of ether oxygens (including phenoxy) is 1. The fourth-order valence-corrected chi connectivity index (χ4v) is 2.09. The van der Waals surface area contributed by atoms with E-state index in [9.17, 15) is 0 Å². The number of halogens is 1. The van der Waals surface area contributed by atoms with Crippen LogP contribution in [0.4, 0.5) is 5.69 Å². The third-order valence-electron chi connectivity index (χ3n) is 1.94. The molecular formula is C11H16BrNOS. The summed E-state index contributed by atoms with van der Waals surface area (Å²) < 4.78 is 6.25. The van der Waals surface area contributed by atoms with Crippen molar-refractivity contribution in [2.75, 3.05) is 30.5 Å². The van der Waals surface area contributed by atoms with E-state index in [1.165, 1.54) is 5.75 Å². The van der Waals surface area contributed by atoms with Crippen molar-refractivity contribution >= 4 is 33.4 Å². The minimum Gasteiger partial charge on any atom is -0.497 e. The van der Waals surface area contributed by atoms with Crippen LogP contribution in [0.25, 0.3) is 0 Å². The van der Waals surface area contributed by atoms with Crippen molar-refractivity contribution in [3.05, 3.63) is 22.7 Å². The predicted octanol–water partition coefficient (Wildman–Crippen LogP) is 3.62. The number of hydrogen-bond acceptors (Lipinski definition) is 3. The maximum Gasteiger partial charge on any atom is 0.121 e. The first-order valence-electron chi connectivity index (χ1n) is 4.93. The molecule has 1 aromatic rings. The number of anilines is 1. The van der Waals surface area contributed by atoms with Crippen LogP contribution in [0.1, 0.15) is 6.92 Å². The predicted molar refractivity (Wildman–Crippen MR) is 72.2 cm³/mol. The second-order valence-corrected chi connectivity index (χ2v) is 5.22. The number of thioether (sulfide) groups is 1. The van der Waals surface area contributed by atoms with Crippen molar-refractivity contribution in [1.82, 2.24) is 0 Å². The van der Waals surface area contributed by atoms with E-state index in [0.717, 1.165) is 28.2 Å². The van der Waals surface area contributed by atoms with Gasteiger partial charge in [-0.3, -0.25) is 0 Å². The number of benzene rings is 1. The summed E-state index contributed by atoms with van der Waals surface area (Å²) in [5.74, 6) is 3.17. The summed E-state index contributed by atoms with van der Waals surface area (Å²) in [6.45, 7) is 3.15. The van der Waals surface area contributed by atoms with Crippen LogP contribution in [0, 0.1) is 0 Å². The average molecular weight is 290 g/mol. The Morgan fingerprint density at radius 3 is 2.93 bits per heavy atom. The van der Waals surface area contributed by atoms with Gasteiger partial charge in [0.2, 0.25) is 0 Å². The SMILES string of the molecule is CCSCCNc1cc(OC)ccc1Br. The zero-order valence-electron chi connectivity index (χ0n) is 9.05. The molecule has 0 amide bonds. The van der Waals surface area contributed by atoms with E-state index < -0.39 is 0 Å². The van der Waals surface area contributed by atoms with Gasteiger partial charge in [0, 0.05) is 22.8 Å². The molecule has 0 aromatic heterocycles. The number of hydrogen-bond donors (Lipinski definition) is 1. The number of methoxy groups -OCH3 is 1. The van der Waals surface area contributed by atoms with Crippen LogP contribution in [0.3, 0.4) is 0 Å². The van der Waals surface area contributed by atoms with E-state index >= 15 is 0 Å². The molecule has 1 N–H and O–H groups in total. The molecule has 0 fully saturated rings. The van der Waals surface area contributed by atoms with Gasteiger partial charge in [-0.25, -0.2) is 0 Å². The van der Waals surface area contributed by atoms with E-state index in [4.69, 9.17) is 4.74 Å². The molecule has 0 spiro atoms. The normalized spacial score (nSPS) is 10.1. The summed E-state index contributed by atoms with van der Waals surface area (Å²) in [4.78, 5) is 0. The second kappa shape index (κ2) is 7.01.